The lowest BCUT2D eigenvalue weighted by Crippen LogP contribution is -2.18. The number of aryl methyl sites for hydroxylation is 1. The topological polar surface area (TPSA) is 55.1 Å². The van der Waals surface area contributed by atoms with E-state index in [1.807, 2.05) is 7.05 Å². The van der Waals surface area contributed by atoms with Gasteiger partial charge in [0.2, 0.25) is 0 Å². The van der Waals surface area contributed by atoms with E-state index in [4.69, 9.17) is 5.11 Å². The Morgan fingerprint density at radius 2 is 2.38 bits per heavy atom. The summed E-state index contributed by atoms with van der Waals surface area (Å²) < 4.78 is 2.09. The molecule has 0 aliphatic heterocycles. The summed E-state index contributed by atoms with van der Waals surface area (Å²) in [4.78, 5) is 15.7. The van der Waals surface area contributed by atoms with Gasteiger partial charge in [0.15, 0.2) is 0 Å². The number of carboxylic acid groups (broad SMARTS) is 1. The van der Waals surface area contributed by atoms with Crippen molar-refractivity contribution in [2.24, 2.45) is 7.05 Å². The lowest BCUT2D eigenvalue weighted by molar-refractivity contribution is -0.139. The maximum atomic E-state index is 11.1. The molecule has 2 rings (SSSR count). The van der Waals surface area contributed by atoms with Gasteiger partial charge in [0.25, 0.3) is 0 Å². The number of aliphatic carboxylic acids is 1. The van der Waals surface area contributed by atoms with Crippen LogP contribution in [0.25, 0.3) is 0 Å². The molecule has 4 nitrogen and oxygen atoms in total. The number of carbonyl (C=O) groups is 1. The second-order valence-corrected chi connectivity index (χ2v) is 4.45. The summed E-state index contributed by atoms with van der Waals surface area (Å²) in [5, 5.41) is 9.17. The van der Waals surface area contributed by atoms with Crippen molar-refractivity contribution in [2.45, 2.75) is 44.9 Å². The first-order chi connectivity index (χ1) is 7.65. The Bertz CT molecular complexity index is 409. The number of carboxylic acids is 1. The molecule has 4 heteroatoms. The van der Waals surface area contributed by atoms with Crippen molar-refractivity contribution in [3.05, 3.63) is 17.2 Å². The van der Waals surface area contributed by atoms with Gasteiger partial charge in [-0.1, -0.05) is 6.92 Å². The van der Waals surface area contributed by atoms with E-state index in [2.05, 4.69) is 16.5 Å². The van der Waals surface area contributed by atoms with Gasteiger partial charge in [0.05, 0.1) is 5.69 Å². The predicted molar refractivity (Wildman–Crippen MR) is 60.5 cm³/mol. The van der Waals surface area contributed by atoms with Gasteiger partial charge >= 0.3 is 5.97 Å². The Morgan fingerprint density at radius 3 is 3.00 bits per heavy atom. The van der Waals surface area contributed by atoms with Crippen LogP contribution in [0.2, 0.25) is 0 Å². The highest BCUT2D eigenvalue weighted by Crippen LogP contribution is 2.31. The number of hydrogen-bond acceptors (Lipinski definition) is 2. The highest BCUT2D eigenvalue weighted by molar-refractivity contribution is 5.76. The third kappa shape index (κ3) is 1.72. The predicted octanol–water partition coefficient (Wildman–Crippen LogP) is 1.88. The first-order valence-corrected chi connectivity index (χ1v) is 5.92. The van der Waals surface area contributed by atoms with Gasteiger partial charge < -0.3 is 9.67 Å². The Balaban J connectivity index is 2.41. The molecule has 0 saturated carbocycles. The molecule has 1 aliphatic rings. The first-order valence-electron chi connectivity index (χ1n) is 5.92. The first kappa shape index (κ1) is 11.2. The second-order valence-electron chi connectivity index (χ2n) is 4.45. The number of nitrogens with zero attached hydrogens (tertiary/aromatic N) is 2. The van der Waals surface area contributed by atoms with Crippen molar-refractivity contribution in [1.82, 2.24) is 9.55 Å². The van der Waals surface area contributed by atoms with E-state index >= 15 is 0 Å². The third-order valence-electron chi connectivity index (χ3n) is 3.35. The number of hydrogen-bond donors (Lipinski definition) is 1. The lowest BCUT2D eigenvalue weighted by Gasteiger charge is -2.18. The third-order valence-corrected chi connectivity index (χ3v) is 3.35. The van der Waals surface area contributed by atoms with Crippen LogP contribution in [0.5, 0.6) is 0 Å². The number of imidazole rings is 1. The summed E-state index contributed by atoms with van der Waals surface area (Å²) in [6, 6.07) is 0. The SMILES string of the molecule is CCCc1nc2c(n1C)CCCC2C(=O)O. The number of rotatable bonds is 3. The summed E-state index contributed by atoms with van der Waals surface area (Å²) in [5.41, 5.74) is 1.94. The molecule has 1 unspecified atom stereocenters. The van der Waals surface area contributed by atoms with E-state index < -0.39 is 5.97 Å². The molecule has 0 fully saturated rings. The van der Waals surface area contributed by atoms with Gasteiger partial charge in [0, 0.05) is 19.2 Å². The molecule has 1 heterocycles. The molecule has 1 aliphatic carbocycles. The number of fused-ring (bicyclic) bond motifs is 1. The van der Waals surface area contributed by atoms with Crippen LogP contribution in [0.15, 0.2) is 0 Å². The molecule has 0 aromatic carbocycles. The van der Waals surface area contributed by atoms with Crippen molar-refractivity contribution in [3.8, 4) is 0 Å². The smallest absolute Gasteiger partial charge is 0.312 e. The molecule has 0 radical (unpaired) electrons. The molecule has 1 aromatic rings. The fourth-order valence-corrected chi connectivity index (χ4v) is 2.48. The van der Waals surface area contributed by atoms with E-state index in [1.54, 1.807) is 0 Å². The average Bonchev–Trinajstić information content (AvgIpc) is 2.57. The Kier molecular flexibility index (Phi) is 2.99. The summed E-state index contributed by atoms with van der Waals surface area (Å²) >= 11 is 0. The minimum absolute atomic E-state index is 0.388. The van der Waals surface area contributed by atoms with E-state index in [0.717, 1.165) is 49.3 Å². The summed E-state index contributed by atoms with van der Waals surface area (Å²) in [5.74, 6) is -0.0942. The molecule has 88 valence electrons. The molecule has 0 amide bonds. The monoisotopic (exact) mass is 222 g/mol. The van der Waals surface area contributed by atoms with Crippen LogP contribution in [0.4, 0.5) is 0 Å². The van der Waals surface area contributed by atoms with Crippen molar-refractivity contribution in [1.29, 1.82) is 0 Å². The summed E-state index contributed by atoms with van der Waals surface area (Å²) in [6.45, 7) is 2.11. The average molecular weight is 222 g/mol. The van der Waals surface area contributed by atoms with E-state index in [1.165, 1.54) is 0 Å². The van der Waals surface area contributed by atoms with Crippen LogP contribution in [0, 0.1) is 0 Å². The Labute approximate surface area is 95.3 Å². The zero-order valence-electron chi connectivity index (χ0n) is 9.86. The van der Waals surface area contributed by atoms with Crippen LogP contribution >= 0.6 is 0 Å². The van der Waals surface area contributed by atoms with Crippen LogP contribution in [0.1, 0.15) is 49.3 Å². The largest absolute Gasteiger partial charge is 0.481 e. The molecule has 0 bridgehead atoms. The molecular formula is C12H18N2O2. The normalized spacial score (nSPS) is 19.5. The van der Waals surface area contributed by atoms with E-state index in [-0.39, 0.29) is 5.92 Å². The molecule has 1 aromatic heterocycles. The Hall–Kier alpha value is -1.32. The van der Waals surface area contributed by atoms with Gasteiger partial charge in [-0.25, -0.2) is 4.98 Å². The van der Waals surface area contributed by atoms with Crippen LogP contribution in [-0.4, -0.2) is 20.6 Å². The van der Waals surface area contributed by atoms with E-state index in [9.17, 15) is 4.79 Å². The minimum atomic E-state index is -0.734. The van der Waals surface area contributed by atoms with Crippen molar-refractivity contribution < 1.29 is 9.90 Å². The van der Waals surface area contributed by atoms with Gasteiger partial charge in [-0.3, -0.25) is 4.79 Å². The fourth-order valence-electron chi connectivity index (χ4n) is 2.48. The fraction of sp³-hybridized carbons (Fsp3) is 0.667. The van der Waals surface area contributed by atoms with Crippen molar-refractivity contribution in [2.75, 3.05) is 0 Å². The molecule has 1 N–H and O–H groups in total. The zero-order valence-corrected chi connectivity index (χ0v) is 9.86. The zero-order chi connectivity index (χ0) is 11.7. The molecule has 0 saturated heterocycles. The minimum Gasteiger partial charge on any atom is -0.481 e. The van der Waals surface area contributed by atoms with Crippen molar-refractivity contribution >= 4 is 5.97 Å². The molecule has 1 atom stereocenters. The van der Waals surface area contributed by atoms with Crippen LogP contribution < -0.4 is 0 Å². The lowest BCUT2D eigenvalue weighted by atomic mass is 9.90. The highest BCUT2D eigenvalue weighted by Gasteiger charge is 2.30. The molecule has 16 heavy (non-hydrogen) atoms. The summed E-state index contributed by atoms with van der Waals surface area (Å²) in [6.07, 6.45) is 4.61. The van der Waals surface area contributed by atoms with Gasteiger partial charge in [-0.05, 0) is 25.7 Å². The van der Waals surface area contributed by atoms with Gasteiger partial charge in [-0.15, -0.1) is 0 Å². The highest BCUT2D eigenvalue weighted by atomic mass is 16.4. The molecule has 0 spiro atoms. The second kappa shape index (κ2) is 4.28. The van der Waals surface area contributed by atoms with E-state index in [0.29, 0.717) is 0 Å². The van der Waals surface area contributed by atoms with Gasteiger partial charge in [-0.2, -0.15) is 0 Å². The van der Waals surface area contributed by atoms with Crippen LogP contribution in [0.3, 0.4) is 0 Å². The number of aromatic nitrogens is 2. The summed E-state index contributed by atoms with van der Waals surface area (Å²) in [7, 11) is 2.00. The van der Waals surface area contributed by atoms with Crippen LogP contribution in [-0.2, 0) is 24.7 Å². The standard InChI is InChI=1S/C12H18N2O2/c1-3-5-10-13-11-8(12(15)16)6-4-7-9(11)14(10)2/h8H,3-7H2,1-2H3,(H,15,16). The maximum absolute atomic E-state index is 11.1. The molecular weight excluding hydrogens is 204 g/mol. The quantitative estimate of drug-likeness (QED) is 0.849. The van der Waals surface area contributed by atoms with Crippen molar-refractivity contribution in [3.63, 3.8) is 0 Å². The maximum Gasteiger partial charge on any atom is 0.312 e. The van der Waals surface area contributed by atoms with Gasteiger partial charge in [0.1, 0.15) is 11.7 Å². The Morgan fingerprint density at radius 1 is 1.62 bits per heavy atom.